The predicted octanol–water partition coefficient (Wildman–Crippen LogP) is 3.33. The third-order valence-electron chi connectivity index (χ3n) is 4.24. The maximum Gasteiger partial charge on any atom is 0.307 e. The summed E-state index contributed by atoms with van der Waals surface area (Å²) in [6.07, 6.45) is -0.620. The number of hydrogen-bond donors (Lipinski definition) is 2. The zero-order valence-corrected chi connectivity index (χ0v) is 15.1. The summed E-state index contributed by atoms with van der Waals surface area (Å²) in [7, 11) is 0. The number of carboxylic acids is 2. The molecule has 0 amide bonds. The number of nitrogens with zero attached hydrogens (tertiary/aromatic N) is 1. The van der Waals surface area contributed by atoms with Crippen LogP contribution in [0.4, 0.5) is 0 Å². The summed E-state index contributed by atoms with van der Waals surface area (Å²) in [6, 6.07) is 8.27. The van der Waals surface area contributed by atoms with E-state index in [9.17, 15) is 19.5 Å². The topological polar surface area (TPSA) is 110 Å². The molecule has 2 heterocycles. The number of aromatic nitrogens is 1. The molecule has 0 aliphatic heterocycles. The van der Waals surface area contributed by atoms with Gasteiger partial charge in [0.15, 0.2) is 0 Å². The number of hydrogen-bond acceptors (Lipinski definition) is 4. The molecule has 0 radical (unpaired) electrons. The van der Waals surface area contributed by atoms with Gasteiger partial charge >= 0.3 is 11.9 Å². The van der Waals surface area contributed by atoms with Gasteiger partial charge in [0.2, 0.25) is 0 Å². The largest absolute Gasteiger partial charge is 0.481 e. The summed E-state index contributed by atoms with van der Waals surface area (Å²) < 4.78 is 7.15. The third-order valence-corrected chi connectivity index (χ3v) is 4.49. The number of furan rings is 1. The molecule has 0 saturated carbocycles. The van der Waals surface area contributed by atoms with E-state index in [4.69, 9.17) is 21.1 Å². The van der Waals surface area contributed by atoms with E-state index in [0.29, 0.717) is 16.3 Å². The smallest absolute Gasteiger partial charge is 0.307 e. The Morgan fingerprint density at radius 1 is 1.15 bits per heavy atom. The van der Waals surface area contributed by atoms with Gasteiger partial charge < -0.3 is 19.2 Å². The first kappa shape index (κ1) is 18.7. The Labute approximate surface area is 158 Å². The van der Waals surface area contributed by atoms with Crippen LogP contribution in [0.15, 0.2) is 39.5 Å². The molecule has 8 heteroatoms. The number of aryl methyl sites for hydroxylation is 1. The lowest BCUT2D eigenvalue weighted by Gasteiger charge is -2.08. The van der Waals surface area contributed by atoms with E-state index in [1.54, 1.807) is 37.3 Å². The van der Waals surface area contributed by atoms with Gasteiger partial charge in [-0.3, -0.25) is 14.4 Å². The van der Waals surface area contributed by atoms with Gasteiger partial charge in [0.05, 0.1) is 18.2 Å². The fourth-order valence-corrected chi connectivity index (χ4v) is 3.15. The molecule has 0 atom stereocenters. The molecule has 1 aromatic carbocycles. The molecule has 3 rings (SSSR count). The Morgan fingerprint density at radius 3 is 2.41 bits per heavy atom. The molecule has 0 saturated heterocycles. The van der Waals surface area contributed by atoms with E-state index >= 15 is 0 Å². The Kier molecular flexibility index (Phi) is 5.05. The second-order valence-electron chi connectivity index (χ2n) is 6.11. The average Bonchev–Trinajstić information content (AvgIpc) is 2.92. The lowest BCUT2D eigenvalue weighted by molar-refractivity contribution is -0.137. The van der Waals surface area contributed by atoms with Gasteiger partial charge in [0.1, 0.15) is 11.3 Å². The highest BCUT2D eigenvalue weighted by Gasteiger charge is 2.22. The molecule has 0 spiro atoms. The number of aliphatic carboxylic acids is 2. The van der Waals surface area contributed by atoms with Crippen molar-refractivity contribution in [3.63, 3.8) is 0 Å². The van der Waals surface area contributed by atoms with Crippen LogP contribution in [0.2, 0.25) is 5.02 Å². The maximum atomic E-state index is 13.0. The molecule has 140 valence electrons. The molecule has 27 heavy (non-hydrogen) atoms. The average molecular weight is 390 g/mol. The first-order chi connectivity index (χ1) is 12.8. The number of benzene rings is 1. The van der Waals surface area contributed by atoms with Crippen LogP contribution in [0.3, 0.4) is 0 Å². The lowest BCUT2D eigenvalue weighted by Crippen LogP contribution is -2.24. The van der Waals surface area contributed by atoms with Crippen molar-refractivity contribution in [2.75, 3.05) is 0 Å². The van der Waals surface area contributed by atoms with Gasteiger partial charge in [0, 0.05) is 34.5 Å². The van der Waals surface area contributed by atoms with Crippen molar-refractivity contribution in [3.05, 3.63) is 57.0 Å². The third kappa shape index (κ3) is 3.73. The Bertz CT molecular complexity index is 1090. The van der Waals surface area contributed by atoms with E-state index in [0.717, 1.165) is 0 Å². The summed E-state index contributed by atoms with van der Waals surface area (Å²) in [4.78, 5) is 35.2. The SMILES string of the molecule is Cc1cc2oc(-c3ccc(Cl)cc3)c(CC(=O)O)c2c(=O)n1CCC(=O)O. The van der Waals surface area contributed by atoms with E-state index in [-0.39, 0.29) is 35.3 Å². The summed E-state index contributed by atoms with van der Waals surface area (Å²) in [5.41, 5.74) is 1.19. The highest BCUT2D eigenvalue weighted by atomic mass is 35.5. The van der Waals surface area contributed by atoms with E-state index in [1.807, 2.05) is 0 Å². The second kappa shape index (κ2) is 7.28. The van der Waals surface area contributed by atoms with Crippen LogP contribution in [0.1, 0.15) is 17.7 Å². The minimum absolute atomic E-state index is 0.0100. The van der Waals surface area contributed by atoms with Gasteiger partial charge in [-0.05, 0) is 31.2 Å². The number of halogens is 1. The standard InChI is InChI=1S/C19H16ClNO6/c1-10-8-14-17(19(26)21(10)7-6-15(22)23)13(9-16(24)25)18(27-14)11-2-4-12(20)5-3-11/h2-5,8H,6-7,9H2,1H3,(H,22,23)(H,24,25). The van der Waals surface area contributed by atoms with Crippen LogP contribution in [-0.2, 0) is 22.6 Å². The molecule has 2 N–H and O–H groups in total. The summed E-state index contributed by atoms with van der Waals surface area (Å²) >= 11 is 5.90. The molecule has 7 nitrogen and oxygen atoms in total. The van der Waals surface area contributed by atoms with E-state index in [1.165, 1.54) is 4.57 Å². The van der Waals surface area contributed by atoms with Crippen molar-refractivity contribution in [1.82, 2.24) is 4.57 Å². The molecule has 2 aromatic heterocycles. The van der Waals surface area contributed by atoms with Crippen molar-refractivity contribution in [1.29, 1.82) is 0 Å². The summed E-state index contributed by atoms with van der Waals surface area (Å²) in [6.45, 7) is 1.66. The van der Waals surface area contributed by atoms with Gasteiger partial charge in [-0.2, -0.15) is 0 Å². The van der Waals surface area contributed by atoms with Crippen molar-refractivity contribution in [3.8, 4) is 11.3 Å². The van der Waals surface area contributed by atoms with Crippen LogP contribution in [0, 0.1) is 6.92 Å². The van der Waals surface area contributed by atoms with Gasteiger partial charge in [-0.15, -0.1) is 0 Å². The number of rotatable bonds is 6. The van der Waals surface area contributed by atoms with Crippen LogP contribution >= 0.6 is 11.6 Å². The molecular weight excluding hydrogens is 374 g/mol. The lowest BCUT2D eigenvalue weighted by atomic mass is 10.0. The second-order valence-corrected chi connectivity index (χ2v) is 6.55. The minimum Gasteiger partial charge on any atom is -0.481 e. The summed E-state index contributed by atoms with van der Waals surface area (Å²) in [5, 5.41) is 18.9. The summed E-state index contributed by atoms with van der Waals surface area (Å²) in [5.74, 6) is -1.84. The number of fused-ring (bicyclic) bond motifs is 1. The monoisotopic (exact) mass is 389 g/mol. The van der Waals surface area contributed by atoms with Crippen LogP contribution < -0.4 is 5.56 Å². The fraction of sp³-hybridized carbons (Fsp3) is 0.211. The molecule has 3 aromatic rings. The highest BCUT2D eigenvalue weighted by molar-refractivity contribution is 6.30. The zero-order chi connectivity index (χ0) is 19.7. The molecule has 0 fully saturated rings. The Balaban J connectivity index is 2.27. The molecule has 0 aliphatic rings. The van der Waals surface area contributed by atoms with E-state index < -0.39 is 23.9 Å². The number of carboxylic acid groups (broad SMARTS) is 2. The van der Waals surface area contributed by atoms with Crippen LogP contribution in [0.5, 0.6) is 0 Å². The Morgan fingerprint density at radius 2 is 1.81 bits per heavy atom. The zero-order valence-electron chi connectivity index (χ0n) is 14.4. The van der Waals surface area contributed by atoms with Crippen molar-refractivity contribution in [2.45, 2.75) is 26.3 Å². The van der Waals surface area contributed by atoms with Crippen molar-refractivity contribution >= 4 is 34.5 Å². The highest BCUT2D eigenvalue weighted by Crippen LogP contribution is 2.33. The quantitative estimate of drug-likeness (QED) is 0.669. The van der Waals surface area contributed by atoms with Crippen LogP contribution in [-0.4, -0.2) is 26.7 Å². The molecule has 0 aliphatic carbocycles. The van der Waals surface area contributed by atoms with Crippen molar-refractivity contribution < 1.29 is 24.2 Å². The predicted molar refractivity (Wildman–Crippen MR) is 99.2 cm³/mol. The van der Waals surface area contributed by atoms with Gasteiger partial charge in [-0.25, -0.2) is 0 Å². The number of carbonyl (C=O) groups is 2. The van der Waals surface area contributed by atoms with Crippen molar-refractivity contribution in [2.24, 2.45) is 0 Å². The first-order valence-corrected chi connectivity index (χ1v) is 8.51. The molecular formula is C19H16ClNO6. The molecule has 0 unspecified atom stereocenters. The van der Waals surface area contributed by atoms with E-state index in [2.05, 4.69) is 0 Å². The van der Waals surface area contributed by atoms with Crippen LogP contribution in [0.25, 0.3) is 22.3 Å². The van der Waals surface area contributed by atoms with Gasteiger partial charge in [0.25, 0.3) is 5.56 Å². The minimum atomic E-state index is -1.11. The maximum absolute atomic E-state index is 13.0. The Hall–Kier alpha value is -3.06. The first-order valence-electron chi connectivity index (χ1n) is 8.13. The normalized spacial score (nSPS) is 11.0. The van der Waals surface area contributed by atoms with Gasteiger partial charge in [-0.1, -0.05) is 11.6 Å². The molecule has 0 bridgehead atoms. The number of pyridine rings is 1. The fourth-order valence-electron chi connectivity index (χ4n) is 3.02.